The Morgan fingerprint density at radius 1 is 1.16 bits per heavy atom. The number of fused-ring (bicyclic) bond motifs is 1. The molecule has 1 N–H and O–H groups in total. The summed E-state index contributed by atoms with van der Waals surface area (Å²) in [5.41, 5.74) is 4.48. The zero-order valence-corrected chi connectivity index (χ0v) is 13.2. The maximum absolute atomic E-state index is 3.51. The molecule has 0 radical (unpaired) electrons. The molecule has 2 atom stereocenters. The molecule has 98 valence electrons. The second-order valence-electron chi connectivity index (χ2n) is 5.24. The minimum absolute atomic E-state index is 0.537. The third kappa shape index (κ3) is 2.70. The number of likely N-dealkylation sites (N-methyl/N-ethyl adjacent to an activating group) is 1. The quantitative estimate of drug-likeness (QED) is 0.816. The monoisotopic (exact) mass is 363 g/mol. The Hall–Kier alpha value is -0.870. The van der Waals surface area contributed by atoms with Crippen molar-refractivity contribution in [3.63, 3.8) is 0 Å². The van der Waals surface area contributed by atoms with Gasteiger partial charge >= 0.3 is 0 Å². The van der Waals surface area contributed by atoms with E-state index in [1.165, 1.54) is 26.7 Å². The Kier molecular flexibility index (Phi) is 3.89. The Labute approximate surface area is 128 Å². The molecule has 3 rings (SSSR count). The van der Waals surface area contributed by atoms with Gasteiger partial charge in [0, 0.05) is 15.5 Å². The molecule has 1 aliphatic carbocycles. The summed E-state index contributed by atoms with van der Waals surface area (Å²) < 4.78 is 1.30. The molecule has 2 unspecified atom stereocenters. The fourth-order valence-corrected chi connectivity index (χ4v) is 3.34. The predicted molar refractivity (Wildman–Crippen MR) is 88.6 cm³/mol. The van der Waals surface area contributed by atoms with Crippen LogP contribution in [0.25, 0.3) is 0 Å². The van der Waals surface area contributed by atoms with Gasteiger partial charge in [0.1, 0.15) is 0 Å². The minimum Gasteiger partial charge on any atom is -0.316 e. The van der Waals surface area contributed by atoms with Crippen LogP contribution < -0.4 is 5.32 Å². The molecule has 0 heterocycles. The van der Waals surface area contributed by atoms with Crippen LogP contribution in [0.5, 0.6) is 0 Å². The second-order valence-corrected chi connectivity index (χ2v) is 6.48. The SMILES string of the molecule is CNC(Cc1ccc(I)cc1)C1Cc2ccccc21. The lowest BCUT2D eigenvalue weighted by atomic mass is 9.72. The number of hydrogen-bond acceptors (Lipinski definition) is 1. The van der Waals surface area contributed by atoms with E-state index >= 15 is 0 Å². The zero-order valence-electron chi connectivity index (χ0n) is 11.1. The summed E-state index contributed by atoms with van der Waals surface area (Å²) >= 11 is 2.36. The van der Waals surface area contributed by atoms with Crippen molar-refractivity contribution in [3.05, 3.63) is 68.8 Å². The predicted octanol–water partition coefficient (Wildman–Crippen LogP) is 3.76. The highest BCUT2D eigenvalue weighted by atomic mass is 127. The van der Waals surface area contributed by atoms with Gasteiger partial charge < -0.3 is 5.32 Å². The average Bonchev–Trinajstić information content (AvgIpc) is 2.41. The van der Waals surface area contributed by atoms with Crippen LogP contribution >= 0.6 is 22.6 Å². The normalized spacial score (nSPS) is 18.5. The van der Waals surface area contributed by atoms with Gasteiger partial charge in [-0.05, 0) is 71.3 Å². The van der Waals surface area contributed by atoms with Gasteiger partial charge in [0.2, 0.25) is 0 Å². The number of benzene rings is 2. The molecular formula is C17H18IN. The van der Waals surface area contributed by atoms with Crippen molar-refractivity contribution in [2.24, 2.45) is 0 Å². The van der Waals surface area contributed by atoms with E-state index in [1.807, 2.05) is 0 Å². The molecule has 1 aliphatic rings. The van der Waals surface area contributed by atoms with Crippen LogP contribution in [-0.4, -0.2) is 13.1 Å². The van der Waals surface area contributed by atoms with Crippen molar-refractivity contribution >= 4 is 22.6 Å². The molecule has 1 nitrogen and oxygen atoms in total. The Bertz CT molecular complexity index is 562. The van der Waals surface area contributed by atoms with Crippen molar-refractivity contribution in [2.75, 3.05) is 7.05 Å². The number of nitrogens with one attached hydrogen (secondary N) is 1. The summed E-state index contributed by atoms with van der Waals surface area (Å²) in [6, 6.07) is 18.2. The van der Waals surface area contributed by atoms with Gasteiger partial charge in [0.15, 0.2) is 0 Å². The largest absolute Gasteiger partial charge is 0.316 e. The number of rotatable bonds is 4. The average molecular weight is 363 g/mol. The molecule has 0 fully saturated rings. The van der Waals surface area contributed by atoms with Crippen molar-refractivity contribution in [1.82, 2.24) is 5.32 Å². The minimum atomic E-state index is 0.537. The van der Waals surface area contributed by atoms with Crippen LogP contribution in [-0.2, 0) is 12.8 Å². The highest BCUT2D eigenvalue weighted by Gasteiger charge is 2.31. The van der Waals surface area contributed by atoms with Gasteiger partial charge in [-0.2, -0.15) is 0 Å². The summed E-state index contributed by atoms with van der Waals surface area (Å²) in [6.45, 7) is 0. The van der Waals surface area contributed by atoms with Crippen molar-refractivity contribution in [2.45, 2.75) is 24.8 Å². The summed E-state index contributed by atoms with van der Waals surface area (Å²) in [5, 5.41) is 3.51. The van der Waals surface area contributed by atoms with E-state index in [0.717, 1.165) is 6.42 Å². The summed E-state index contributed by atoms with van der Waals surface area (Å²) in [4.78, 5) is 0. The van der Waals surface area contributed by atoms with Crippen LogP contribution in [0.3, 0.4) is 0 Å². The lowest BCUT2D eigenvalue weighted by Crippen LogP contribution is -2.39. The first-order chi connectivity index (χ1) is 9.28. The van der Waals surface area contributed by atoms with Crippen molar-refractivity contribution < 1.29 is 0 Å². The number of hydrogen-bond donors (Lipinski definition) is 1. The summed E-state index contributed by atoms with van der Waals surface area (Å²) in [5.74, 6) is 0.667. The standard InChI is InChI=1S/C17H18IN/c1-19-17(10-12-6-8-14(18)9-7-12)16-11-13-4-2-3-5-15(13)16/h2-9,16-17,19H,10-11H2,1H3. The maximum atomic E-state index is 3.51. The Morgan fingerprint density at radius 2 is 1.89 bits per heavy atom. The first kappa shape index (κ1) is 13.1. The molecule has 0 saturated carbocycles. The Morgan fingerprint density at radius 3 is 2.58 bits per heavy atom. The molecule has 0 spiro atoms. The van der Waals surface area contributed by atoms with Crippen LogP contribution in [0, 0.1) is 3.57 Å². The first-order valence-electron chi connectivity index (χ1n) is 6.77. The van der Waals surface area contributed by atoms with Crippen LogP contribution in [0.15, 0.2) is 48.5 Å². The zero-order chi connectivity index (χ0) is 13.2. The van der Waals surface area contributed by atoms with Gasteiger partial charge in [-0.3, -0.25) is 0 Å². The van der Waals surface area contributed by atoms with Gasteiger partial charge in [-0.15, -0.1) is 0 Å². The maximum Gasteiger partial charge on any atom is 0.0176 e. The van der Waals surface area contributed by atoms with E-state index in [-0.39, 0.29) is 0 Å². The van der Waals surface area contributed by atoms with Gasteiger partial charge in [0.05, 0.1) is 0 Å². The summed E-state index contributed by atoms with van der Waals surface area (Å²) in [7, 11) is 2.08. The fourth-order valence-electron chi connectivity index (χ4n) is 2.98. The van der Waals surface area contributed by atoms with E-state index in [9.17, 15) is 0 Å². The molecule has 2 aromatic rings. The van der Waals surface area contributed by atoms with Crippen LogP contribution in [0.1, 0.15) is 22.6 Å². The molecule has 0 bridgehead atoms. The van der Waals surface area contributed by atoms with Crippen LogP contribution in [0.4, 0.5) is 0 Å². The first-order valence-corrected chi connectivity index (χ1v) is 7.85. The topological polar surface area (TPSA) is 12.0 Å². The molecule has 0 aromatic heterocycles. The molecule has 0 saturated heterocycles. The molecule has 0 amide bonds. The molecular weight excluding hydrogens is 345 g/mol. The third-order valence-corrected chi connectivity index (χ3v) is 4.84. The molecule has 0 aliphatic heterocycles. The smallest absolute Gasteiger partial charge is 0.0176 e. The highest BCUT2D eigenvalue weighted by molar-refractivity contribution is 14.1. The van der Waals surface area contributed by atoms with E-state index < -0.39 is 0 Å². The Balaban J connectivity index is 1.74. The molecule has 19 heavy (non-hydrogen) atoms. The second kappa shape index (κ2) is 5.63. The van der Waals surface area contributed by atoms with Crippen molar-refractivity contribution in [1.29, 1.82) is 0 Å². The van der Waals surface area contributed by atoms with E-state index in [0.29, 0.717) is 12.0 Å². The lowest BCUT2D eigenvalue weighted by Gasteiger charge is -2.36. The third-order valence-electron chi connectivity index (χ3n) is 4.12. The number of halogens is 1. The van der Waals surface area contributed by atoms with Gasteiger partial charge in [0.25, 0.3) is 0 Å². The van der Waals surface area contributed by atoms with Crippen molar-refractivity contribution in [3.8, 4) is 0 Å². The highest BCUT2D eigenvalue weighted by Crippen LogP contribution is 2.38. The summed E-state index contributed by atoms with van der Waals surface area (Å²) in [6.07, 6.45) is 2.32. The van der Waals surface area contributed by atoms with Gasteiger partial charge in [-0.1, -0.05) is 36.4 Å². The molecule has 2 aromatic carbocycles. The van der Waals surface area contributed by atoms with E-state index in [2.05, 4.69) is 83.5 Å². The van der Waals surface area contributed by atoms with E-state index in [1.54, 1.807) is 0 Å². The van der Waals surface area contributed by atoms with Crippen LogP contribution in [0.2, 0.25) is 0 Å². The fraction of sp³-hybridized carbons (Fsp3) is 0.294. The lowest BCUT2D eigenvalue weighted by molar-refractivity contribution is 0.422. The van der Waals surface area contributed by atoms with Gasteiger partial charge in [-0.25, -0.2) is 0 Å². The molecule has 2 heteroatoms. The van der Waals surface area contributed by atoms with E-state index in [4.69, 9.17) is 0 Å².